The first-order valence-corrected chi connectivity index (χ1v) is 6.22. The van der Waals surface area contributed by atoms with Crippen molar-refractivity contribution < 1.29 is 9.15 Å². The van der Waals surface area contributed by atoms with Crippen molar-refractivity contribution in [2.75, 3.05) is 0 Å². The van der Waals surface area contributed by atoms with Crippen molar-refractivity contribution in [3.63, 3.8) is 0 Å². The highest BCUT2D eigenvalue weighted by molar-refractivity contribution is 5.33. The van der Waals surface area contributed by atoms with Crippen LogP contribution in [0, 0.1) is 0 Å². The van der Waals surface area contributed by atoms with Crippen LogP contribution >= 0.6 is 0 Å². The van der Waals surface area contributed by atoms with Gasteiger partial charge in [0.05, 0.1) is 18.6 Å². The molecule has 0 fully saturated rings. The minimum atomic E-state index is 0.194. The third kappa shape index (κ3) is 3.64. The summed E-state index contributed by atoms with van der Waals surface area (Å²) in [6.45, 7) is 5.66. The molecule has 0 aliphatic rings. The molecule has 3 nitrogen and oxygen atoms in total. The molecule has 2 aromatic rings. The lowest BCUT2D eigenvalue weighted by Gasteiger charge is -2.14. The monoisotopic (exact) mass is 245 g/mol. The van der Waals surface area contributed by atoms with Crippen molar-refractivity contribution in [1.82, 2.24) is 5.32 Å². The summed E-state index contributed by atoms with van der Waals surface area (Å²) >= 11 is 0. The molecule has 0 spiro atoms. The van der Waals surface area contributed by atoms with Gasteiger partial charge in [-0.3, -0.25) is 0 Å². The average Bonchev–Trinajstić information content (AvgIpc) is 2.84. The summed E-state index contributed by atoms with van der Waals surface area (Å²) in [4.78, 5) is 0. The van der Waals surface area contributed by atoms with Gasteiger partial charge in [0.1, 0.15) is 5.75 Å². The van der Waals surface area contributed by atoms with E-state index in [2.05, 4.69) is 11.4 Å². The Labute approximate surface area is 108 Å². The maximum absolute atomic E-state index is 5.77. The molecule has 0 bridgehead atoms. The van der Waals surface area contributed by atoms with Gasteiger partial charge in [0, 0.05) is 24.2 Å². The van der Waals surface area contributed by atoms with Crippen molar-refractivity contribution in [3.8, 4) is 5.75 Å². The summed E-state index contributed by atoms with van der Waals surface area (Å²) in [5.74, 6) is 0.951. The molecule has 0 atom stereocenters. The number of para-hydroxylation sites is 1. The predicted molar refractivity (Wildman–Crippen MR) is 71.5 cm³/mol. The van der Waals surface area contributed by atoms with Crippen LogP contribution in [-0.2, 0) is 13.1 Å². The maximum Gasteiger partial charge on any atom is 0.124 e. The summed E-state index contributed by atoms with van der Waals surface area (Å²) in [5.41, 5.74) is 2.33. The lowest BCUT2D eigenvalue weighted by Crippen LogP contribution is -2.14. The lowest BCUT2D eigenvalue weighted by molar-refractivity contribution is 0.239. The van der Waals surface area contributed by atoms with Crippen molar-refractivity contribution in [1.29, 1.82) is 0 Å². The Balaban J connectivity index is 1.92. The second kappa shape index (κ2) is 6.26. The minimum Gasteiger partial charge on any atom is -0.491 e. The first-order valence-electron chi connectivity index (χ1n) is 6.22. The molecule has 0 saturated carbocycles. The van der Waals surface area contributed by atoms with Gasteiger partial charge < -0.3 is 14.5 Å². The molecule has 96 valence electrons. The van der Waals surface area contributed by atoms with Crippen LogP contribution in [0.15, 0.2) is 47.3 Å². The van der Waals surface area contributed by atoms with Gasteiger partial charge in [-0.1, -0.05) is 18.2 Å². The molecule has 0 aliphatic carbocycles. The topological polar surface area (TPSA) is 34.4 Å². The van der Waals surface area contributed by atoms with E-state index in [1.54, 1.807) is 12.5 Å². The molecule has 0 unspecified atom stereocenters. The molecule has 1 aromatic heterocycles. The van der Waals surface area contributed by atoms with E-state index in [0.717, 1.165) is 24.4 Å². The smallest absolute Gasteiger partial charge is 0.124 e. The fraction of sp³-hybridized carbons (Fsp3) is 0.333. The van der Waals surface area contributed by atoms with Crippen molar-refractivity contribution >= 4 is 0 Å². The van der Waals surface area contributed by atoms with Gasteiger partial charge in [-0.25, -0.2) is 0 Å². The average molecular weight is 245 g/mol. The Bertz CT molecular complexity index is 463. The molecule has 18 heavy (non-hydrogen) atoms. The van der Waals surface area contributed by atoms with E-state index in [1.165, 1.54) is 5.56 Å². The molecule has 2 rings (SSSR count). The van der Waals surface area contributed by atoms with E-state index in [0.29, 0.717) is 0 Å². The number of hydrogen-bond donors (Lipinski definition) is 1. The van der Waals surface area contributed by atoms with Gasteiger partial charge in [0.15, 0.2) is 0 Å². The van der Waals surface area contributed by atoms with Crippen LogP contribution in [-0.4, -0.2) is 6.10 Å². The van der Waals surface area contributed by atoms with Gasteiger partial charge in [-0.2, -0.15) is 0 Å². The lowest BCUT2D eigenvalue weighted by atomic mass is 10.2. The van der Waals surface area contributed by atoms with Crippen LogP contribution in [0.1, 0.15) is 25.0 Å². The van der Waals surface area contributed by atoms with Crippen molar-refractivity contribution in [3.05, 3.63) is 54.0 Å². The number of hydrogen-bond acceptors (Lipinski definition) is 3. The van der Waals surface area contributed by atoms with Gasteiger partial charge in [-0.05, 0) is 26.0 Å². The zero-order chi connectivity index (χ0) is 12.8. The molecular weight excluding hydrogens is 226 g/mol. The van der Waals surface area contributed by atoms with Gasteiger partial charge in [-0.15, -0.1) is 0 Å². The Morgan fingerprint density at radius 1 is 1.17 bits per heavy atom. The molecular formula is C15H19NO2. The number of nitrogens with one attached hydrogen (secondary N) is 1. The Morgan fingerprint density at radius 2 is 2.00 bits per heavy atom. The van der Waals surface area contributed by atoms with Crippen LogP contribution < -0.4 is 10.1 Å². The Hall–Kier alpha value is -1.74. The van der Waals surface area contributed by atoms with E-state index in [1.807, 2.05) is 38.1 Å². The van der Waals surface area contributed by atoms with Gasteiger partial charge in [0.2, 0.25) is 0 Å². The maximum atomic E-state index is 5.77. The van der Waals surface area contributed by atoms with E-state index in [9.17, 15) is 0 Å². The molecule has 1 heterocycles. The summed E-state index contributed by atoms with van der Waals surface area (Å²) in [7, 11) is 0. The summed E-state index contributed by atoms with van der Waals surface area (Å²) < 4.78 is 10.8. The minimum absolute atomic E-state index is 0.194. The fourth-order valence-corrected chi connectivity index (χ4v) is 1.75. The second-order valence-corrected chi connectivity index (χ2v) is 4.51. The molecule has 1 aromatic carbocycles. The number of rotatable bonds is 6. The molecule has 0 aliphatic heterocycles. The highest BCUT2D eigenvalue weighted by Gasteiger charge is 2.04. The number of ether oxygens (including phenoxy) is 1. The predicted octanol–water partition coefficient (Wildman–Crippen LogP) is 3.36. The van der Waals surface area contributed by atoms with Crippen LogP contribution in [0.25, 0.3) is 0 Å². The summed E-state index contributed by atoms with van der Waals surface area (Å²) in [6, 6.07) is 10.1. The zero-order valence-electron chi connectivity index (χ0n) is 10.8. The van der Waals surface area contributed by atoms with E-state index in [-0.39, 0.29) is 6.10 Å². The molecule has 0 saturated heterocycles. The number of furan rings is 1. The first-order chi connectivity index (χ1) is 8.75. The molecule has 0 amide bonds. The summed E-state index contributed by atoms with van der Waals surface area (Å²) in [6.07, 6.45) is 3.64. The molecule has 3 heteroatoms. The number of benzene rings is 1. The SMILES string of the molecule is CC(C)Oc1ccccc1CNCc1ccoc1. The highest BCUT2D eigenvalue weighted by atomic mass is 16.5. The van der Waals surface area contributed by atoms with E-state index >= 15 is 0 Å². The van der Waals surface area contributed by atoms with Crippen LogP contribution in [0.3, 0.4) is 0 Å². The second-order valence-electron chi connectivity index (χ2n) is 4.51. The van der Waals surface area contributed by atoms with Crippen LogP contribution in [0.5, 0.6) is 5.75 Å². The van der Waals surface area contributed by atoms with Gasteiger partial charge in [0.25, 0.3) is 0 Å². The van der Waals surface area contributed by atoms with Gasteiger partial charge >= 0.3 is 0 Å². The van der Waals surface area contributed by atoms with Crippen molar-refractivity contribution in [2.24, 2.45) is 0 Å². The zero-order valence-corrected chi connectivity index (χ0v) is 10.8. The third-order valence-electron chi connectivity index (χ3n) is 2.56. The first kappa shape index (κ1) is 12.7. The van der Waals surface area contributed by atoms with E-state index < -0.39 is 0 Å². The quantitative estimate of drug-likeness (QED) is 0.847. The normalized spacial score (nSPS) is 10.8. The molecule has 0 radical (unpaired) electrons. The standard InChI is InChI=1S/C15H19NO2/c1-12(2)18-15-6-4-3-5-14(15)10-16-9-13-7-8-17-11-13/h3-8,11-12,16H,9-10H2,1-2H3. The van der Waals surface area contributed by atoms with Crippen molar-refractivity contribution in [2.45, 2.75) is 33.0 Å². The largest absolute Gasteiger partial charge is 0.491 e. The Morgan fingerprint density at radius 3 is 2.72 bits per heavy atom. The van der Waals surface area contributed by atoms with E-state index in [4.69, 9.17) is 9.15 Å². The summed E-state index contributed by atoms with van der Waals surface area (Å²) in [5, 5.41) is 3.38. The molecule has 1 N–H and O–H groups in total. The van der Waals surface area contributed by atoms with Crippen LogP contribution in [0.2, 0.25) is 0 Å². The third-order valence-corrected chi connectivity index (χ3v) is 2.56. The highest BCUT2D eigenvalue weighted by Crippen LogP contribution is 2.19. The fourth-order valence-electron chi connectivity index (χ4n) is 1.75. The van der Waals surface area contributed by atoms with Crippen LogP contribution in [0.4, 0.5) is 0 Å². The Kier molecular flexibility index (Phi) is 4.42.